The average Bonchev–Trinajstić information content (AvgIpc) is 3.24. The number of urea groups is 1. The molecule has 7 nitrogen and oxygen atoms in total. The first-order valence-corrected chi connectivity index (χ1v) is 11.8. The van der Waals surface area contributed by atoms with Gasteiger partial charge in [0.1, 0.15) is 5.82 Å². The van der Waals surface area contributed by atoms with E-state index in [1.807, 2.05) is 24.3 Å². The molecule has 1 aliphatic rings. The van der Waals surface area contributed by atoms with Crippen molar-refractivity contribution in [1.29, 1.82) is 0 Å². The normalized spacial score (nSPS) is 14.9. The van der Waals surface area contributed by atoms with Crippen molar-refractivity contribution in [2.75, 3.05) is 12.3 Å². The summed E-state index contributed by atoms with van der Waals surface area (Å²) in [4.78, 5) is 16.4. The van der Waals surface area contributed by atoms with Crippen LogP contribution in [0.4, 0.5) is 10.6 Å². The number of hydrogen-bond acceptors (Lipinski definition) is 5. The van der Waals surface area contributed by atoms with Crippen molar-refractivity contribution in [3.63, 3.8) is 0 Å². The van der Waals surface area contributed by atoms with Crippen molar-refractivity contribution < 1.29 is 9.90 Å². The largest absolute Gasteiger partial charge is 0.387 e. The second-order valence-electron chi connectivity index (χ2n) is 9.07. The van der Waals surface area contributed by atoms with E-state index in [-0.39, 0.29) is 18.1 Å². The second-order valence-corrected chi connectivity index (χ2v) is 9.07. The fraction of sp³-hybridized carbons (Fsp3) is 0.333. The molecule has 0 radical (unpaired) electrons. The van der Waals surface area contributed by atoms with Gasteiger partial charge in [0.15, 0.2) is 0 Å². The van der Waals surface area contributed by atoms with E-state index in [2.05, 4.69) is 52.1 Å². The fourth-order valence-electron chi connectivity index (χ4n) is 4.42. The number of anilines is 1. The van der Waals surface area contributed by atoms with Crippen LogP contribution in [-0.4, -0.2) is 34.8 Å². The average molecular weight is 460 g/mol. The van der Waals surface area contributed by atoms with Crippen LogP contribution >= 0.6 is 0 Å². The molecule has 1 unspecified atom stereocenters. The Bertz CT molecular complexity index is 1080. The van der Waals surface area contributed by atoms with Crippen LogP contribution in [0.15, 0.2) is 66.9 Å². The Kier molecular flexibility index (Phi) is 7.77. The quantitative estimate of drug-likeness (QED) is 0.338. The van der Waals surface area contributed by atoms with Crippen molar-refractivity contribution >= 4 is 11.8 Å². The van der Waals surface area contributed by atoms with E-state index in [0.29, 0.717) is 18.9 Å². The van der Waals surface area contributed by atoms with Crippen LogP contribution in [0.3, 0.4) is 0 Å². The SMILES string of the molecule is CC(Cc1cccc(CNC(=O)NC2Cc3ccccc3C2)c1)NC[C@H](O)c1ccc(N)nc1. The van der Waals surface area contributed by atoms with Gasteiger partial charge in [-0.1, -0.05) is 54.6 Å². The number of nitrogens with two attached hydrogens (primary N) is 1. The summed E-state index contributed by atoms with van der Waals surface area (Å²) < 4.78 is 0. The Morgan fingerprint density at radius 1 is 1.09 bits per heavy atom. The zero-order valence-corrected chi connectivity index (χ0v) is 19.5. The van der Waals surface area contributed by atoms with Crippen molar-refractivity contribution in [2.24, 2.45) is 0 Å². The van der Waals surface area contributed by atoms with Gasteiger partial charge in [0.2, 0.25) is 0 Å². The van der Waals surface area contributed by atoms with Gasteiger partial charge in [0, 0.05) is 36.9 Å². The molecule has 2 atom stereocenters. The first-order chi connectivity index (χ1) is 16.5. The minimum Gasteiger partial charge on any atom is -0.387 e. The lowest BCUT2D eigenvalue weighted by molar-refractivity contribution is 0.170. The molecular formula is C27H33N5O2. The summed E-state index contributed by atoms with van der Waals surface area (Å²) >= 11 is 0. The summed E-state index contributed by atoms with van der Waals surface area (Å²) in [6, 6.07) is 20.2. The van der Waals surface area contributed by atoms with Crippen LogP contribution in [-0.2, 0) is 25.8 Å². The van der Waals surface area contributed by atoms with Crippen molar-refractivity contribution in [2.45, 2.75) is 50.9 Å². The predicted octanol–water partition coefficient (Wildman–Crippen LogP) is 2.88. The van der Waals surface area contributed by atoms with Crippen molar-refractivity contribution in [3.8, 4) is 0 Å². The molecule has 178 valence electrons. The number of nitrogens with zero attached hydrogens (tertiary/aromatic N) is 1. The third kappa shape index (κ3) is 6.56. The smallest absolute Gasteiger partial charge is 0.315 e. The summed E-state index contributed by atoms with van der Waals surface area (Å²) in [6.45, 7) is 3.00. The maximum absolute atomic E-state index is 12.4. The molecule has 1 aromatic heterocycles. The molecule has 0 spiro atoms. The van der Waals surface area contributed by atoms with Crippen molar-refractivity contribution in [3.05, 3.63) is 94.7 Å². The molecule has 0 aliphatic heterocycles. The number of nitrogen functional groups attached to an aromatic ring is 1. The number of aliphatic hydroxyl groups excluding tert-OH is 1. The molecule has 0 saturated heterocycles. The highest BCUT2D eigenvalue weighted by Crippen LogP contribution is 2.21. The summed E-state index contributed by atoms with van der Waals surface area (Å²) in [5.41, 5.74) is 11.2. The van der Waals surface area contributed by atoms with Gasteiger partial charge in [0.05, 0.1) is 6.10 Å². The van der Waals surface area contributed by atoms with E-state index in [0.717, 1.165) is 30.4 Å². The van der Waals surface area contributed by atoms with Crippen LogP contribution in [0.5, 0.6) is 0 Å². The summed E-state index contributed by atoms with van der Waals surface area (Å²) in [7, 11) is 0. The zero-order valence-electron chi connectivity index (χ0n) is 19.5. The molecule has 4 rings (SSSR count). The molecule has 0 saturated carbocycles. The standard InChI is InChI=1S/C27H33N5O2/c1-18(29-17-25(33)23-9-10-26(28)30-16-23)11-19-5-4-6-20(12-19)15-31-27(34)32-24-13-21-7-2-3-8-22(21)14-24/h2-10,12,16,18,24-25,29,33H,11,13-15,17H2,1H3,(H2,28,30)(H2,31,32,34)/t18?,25-/m0/s1. The molecular weight excluding hydrogens is 426 g/mol. The van der Waals surface area contributed by atoms with Crippen LogP contribution in [0, 0.1) is 0 Å². The highest BCUT2D eigenvalue weighted by molar-refractivity contribution is 5.74. The lowest BCUT2D eigenvalue weighted by atomic mass is 10.0. The van der Waals surface area contributed by atoms with E-state index in [1.54, 1.807) is 18.3 Å². The minimum atomic E-state index is -0.641. The number of nitrogens with one attached hydrogen (secondary N) is 3. The number of carbonyl (C=O) groups excluding carboxylic acids is 1. The van der Waals surface area contributed by atoms with Crippen LogP contribution in [0.1, 0.15) is 40.8 Å². The van der Waals surface area contributed by atoms with Gasteiger partial charge in [-0.15, -0.1) is 0 Å². The number of carbonyl (C=O) groups is 1. The molecule has 3 aromatic rings. The summed E-state index contributed by atoms with van der Waals surface area (Å²) in [5, 5.41) is 19.8. The van der Waals surface area contributed by atoms with E-state index in [1.165, 1.54) is 16.7 Å². The molecule has 0 fully saturated rings. The van der Waals surface area contributed by atoms with Crippen molar-refractivity contribution in [1.82, 2.24) is 20.9 Å². The molecule has 2 aromatic carbocycles. The zero-order chi connectivity index (χ0) is 23.9. The number of amides is 2. The number of aromatic nitrogens is 1. The minimum absolute atomic E-state index is 0.135. The Hall–Kier alpha value is -3.42. The van der Waals surface area contributed by atoms with E-state index in [9.17, 15) is 9.90 Å². The first-order valence-electron chi connectivity index (χ1n) is 11.8. The van der Waals surface area contributed by atoms with Gasteiger partial charge < -0.3 is 26.8 Å². The maximum Gasteiger partial charge on any atom is 0.315 e. The van der Waals surface area contributed by atoms with Crippen LogP contribution < -0.4 is 21.7 Å². The van der Waals surface area contributed by atoms with Gasteiger partial charge in [-0.3, -0.25) is 0 Å². The maximum atomic E-state index is 12.4. The number of fused-ring (bicyclic) bond motifs is 1. The highest BCUT2D eigenvalue weighted by atomic mass is 16.3. The molecule has 6 N–H and O–H groups in total. The number of benzene rings is 2. The lowest BCUT2D eigenvalue weighted by Gasteiger charge is -2.18. The molecule has 2 amide bonds. The van der Waals surface area contributed by atoms with E-state index in [4.69, 9.17) is 5.73 Å². The molecule has 34 heavy (non-hydrogen) atoms. The Morgan fingerprint density at radius 2 is 1.82 bits per heavy atom. The van der Waals surface area contributed by atoms with Gasteiger partial charge in [-0.25, -0.2) is 9.78 Å². The fourth-order valence-corrected chi connectivity index (χ4v) is 4.42. The number of aliphatic hydroxyl groups is 1. The van der Waals surface area contributed by atoms with Gasteiger partial charge in [-0.2, -0.15) is 0 Å². The highest BCUT2D eigenvalue weighted by Gasteiger charge is 2.22. The predicted molar refractivity (Wildman–Crippen MR) is 134 cm³/mol. The Labute approximate surface area is 200 Å². The molecule has 0 bridgehead atoms. The van der Waals surface area contributed by atoms with E-state index < -0.39 is 6.10 Å². The van der Waals surface area contributed by atoms with E-state index >= 15 is 0 Å². The Morgan fingerprint density at radius 3 is 2.53 bits per heavy atom. The third-order valence-corrected chi connectivity index (χ3v) is 6.23. The van der Waals surface area contributed by atoms with Crippen LogP contribution in [0.25, 0.3) is 0 Å². The molecule has 1 heterocycles. The molecule has 7 heteroatoms. The topological polar surface area (TPSA) is 112 Å². The third-order valence-electron chi connectivity index (χ3n) is 6.23. The van der Waals surface area contributed by atoms with Crippen LogP contribution in [0.2, 0.25) is 0 Å². The number of pyridine rings is 1. The lowest BCUT2D eigenvalue weighted by Crippen LogP contribution is -2.42. The summed E-state index contributed by atoms with van der Waals surface area (Å²) in [5.74, 6) is 0.438. The summed E-state index contributed by atoms with van der Waals surface area (Å²) in [6.07, 6.45) is 3.54. The van der Waals surface area contributed by atoms with Gasteiger partial charge >= 0.3 is 6.03 Å². The number of rotatable bonds is 9. The Balaban J connectivity index is 1.20. The van der Waals surface area contributed by atoms with Gasteiger partial charge in [0.25, 0.3) is 0 Å². The monoisotopic (exact) mass is 459 g/mol. The molecule has 1 aliphatic carbocycles. The first kappa shape index (κ1) is 23.7. The number of hydrogen-bond donors (Lipinski definition) is 5. The van der Waals surface area contributed by atoms with Gasteiger partial charge in [-0.05, 0) is 54.5 Å². The second kappa shape index (κ2) is 11.1.